The summed E-state index contributed by atoms with van der Waals surface area (Å²) in [5.41, 5.74) is 3.08. The molecule has 8 nitrogen and oxygen atoms in total. The first-order chi connectivity index (χ1) is 22.0. The van der Waals surface area contributed by atoms with Crippen LogP contribution < -0.4 is 15.3 Å². The minimum absolute atomic E-state index is 0.0179. The van der Waals surface area contributed by atoms with Gasteiger partial charge < -0.3 is 29.7 Å². The van der Waals surface area contributed by atoms with Gasteiger partial charge in [0.15, 0.2) is 0 Å². The molecule has 0 saturated carbocycles. The second-order valence-electron chi connectivity index (χ2n) is 12.3. The van der Waals surface area contributed by atoms with Crippen molar-refractivity contribution in [1.29, 1.82) is 0 Å². The zero-order chi connectivity index (χ0) is 34.9. The Balaban J connectivity index is 0.000000771. The highest BCUT2D eigenvalue weighted by molar-refractivity contribution is 6.03. The van der Waals surface area contributed by atoms with Gasteiger partial charge in [0.25, 0.3) is 0 Å². The summed E-state index contributed by atoms with van der Waals surface area (Å²) in [4.78, 5) is 36.0. The van der Waals surface area contributed by atoms with Crippen molar-refractivity contribution in [2.24, 2.45) is 5.92 Å². The number of quaternary nitrogens is 1. The Kier molecular flexibility index (Phi) is 12.6. The standard InChI is InChI=1S/C32H37F2N3O3.C2HF3O2/c1-37(2,3)20-4-5-30(39)35-21-22-6-8-24(9-7-22)31-28(18-19-29(38)23-10-12-25(33)13-11-23)32(40)36(31)27-16-14-26(34)15-17-27;3-2(4,5)1(6)7/h6-17,28-29,31,38H,4-5,18-21H2,1-3H3;(H,6,7). The SMILES string of the molecule is C[N+](C)(C)CCCC(=O)NCc1ccc(C2C(CCC(O)c3ccc(F)cc3)C(=O)N2c2ccc(F)cc2)cc1.O=C([O-])C(F)(F)F. The number of anilines is 1. The number of aliphatic carboxylic acids is 1. The van der Waals surface area contributed by atoms with Crippen LogP contribution in [0.4, 0.5) is 27.6 Å². The first-order valence-electron chi connectivity index (χ1n) is 14.9. The van der Waals surface area contributed by atoms with E-state index in [0.717, 1.165) is 28.6 Å². The number of aliphatic hydroxyl groups excluding tert-OH is 1. The Morgan fingerprint density at radius 1 is 0.936 bits per heavy atom. The third-order valence-corrected chi connectivity index (χ3v) is 7.60. The Morgan fingerprint density at radius 2 is 1.47 bits per heavy atom. The number of aliphatic hydroxyl groups is 1. The molecule has 3 atom stereocenters. The van der Waals surface area contributed by atoms with Crippen molar-refractivity contribution in [2.75, 3.05) is 32.6 Å². The van der Waals surface area contributed by atoms with Gasteiger partial charge in [-0.3, -0.25) is 9.59 Å². The first kappa shape index (κ1) is 37.1. The van der Waals surface area contributed by atoms with Crippen molar-refractivity contribution in [3.8, 4) is 0 Å². The van der Waals surface area contributed by atoms with Crippen LogP contribution in [0, 0.1) is 17.6 Å². The largest absolute Gasteiger partial charge is 0.542 e. The molecule has 2 amide bonds. The summed E-state index contributed by atoms with van der Waals surface area (Å²) < 4.78 is 59.2. The number of benzene rings is 3. The smallest absolute Gasteiger partial charge is 0.430 e. The molecule has 1 aliphatic heterocycles. The Morgan fingerprint density at radius 3 is 1.98 bits per heavy atom. The van der Waals surface area contributed by atoms with Gasteiger partial charge in [0.1, 0.15) is 17.6 Å². The van der Waals surface area contributed by atoms with Crippen molar-refractivity contribution in [2.45, 2.75) is 50.6 Å². The molecule has 3 unspecified atom stereocenters. The molecule has 1 saturated heterocycles. The molecular weight excluding hydrogens is 625 g/mol. The number of carboxylic acids is 1. The maximum Gasteiger partial charge on any atom is 0.430 e. The van der Waals surface area contributed by atoms with Crippen molar-refractivity contribution in [1.82, 2.24) is 5.32 Å². The number of nitrogens with zero attached hydrogens (tertiary/aromatic N) is 2. The molecule has 0 radical (unpaired) electrons. The van der Waals surface area contributed by atoms with Crippen LogP contribution in [0.1, 0.15) is 54.5 Å². The van der Waals surface area contributed by atoms with Crippen LogP contribution in [0.25, 0.3) is 0 Å². The van der Waals surface area contributed by atoms with Crippen molar-refractivity contribution < 1.29 is 51.0 Å². The minimum Gasteiger partial charge on any atom is -0.542 e. The number of carboxylic acid groups (broad SMARTS) is 1. The number of halogens is 5. The zero-order valence-corrected chi connectivity index (χ0v) is 26.3. The van der Waals surface area contributed by atoms with Crippen LogP contribution in [0.3, 0.4) is 0 Å². The lowest BCUT2D eigenvalue weighted by Gasteiger charge is -2.48. The summed E-state index contributed by atoms with van der Waals surface area (Å²) >= 11 is 0. The van der Waals surface area contributed by atoms with Crippen LogP contribution in [0.2, 0.25) is 0 Å². The molecule has 13 heteroatoms. The number of β-lactam (4-membered cyclic amide) rings is 1. The van der Waals surface area contributed by atoms with Gasteiger partial charge in [-0.05, 0) is 65.9 Å². The van der Waals surface area contributed by atoms with Gasteiger partial charge in [-0.2, -0.15) is 13.2 Å². The average Bonchev–Trinajstić information content (AvgIpc) is 2.99. The summed E-state index contributed by atoms with van der Waals surface area (Å²) in [6.07, 6.45) is -3.93. The quantitative estimate of drug-likeness (QED) is 0.168. The van der Waals surface area contributed by atoms with E-state index in [1.807, 2.05) is 24.3 Å². The summed E-state index contributed by atoms with van der Waals surface area (Å²) in [7, 11) is 6.31. The molecule has 3 aromatic rings. The Labute approximate surface area is 270 Å². The lowest BCUT2D eigenvalue weighted by Crippen LogP contribution is -2.55. The molecule has 0 bridgehead atoms. The fourth-order valence-corrected chi connectivity index (χ4v) is 5.13. The predicted molar refractivity (Wildman–Crippen MR) is 162 cm³/mol. The number of hydrogen-bond acceptors (Lipinski definition) is 5. The van der Waals surface area contributed by atoms with Crippen molar-refractivity contribution >= 4 is 23.5 Å². The van der Waals surface area contributed by atoms with E-state index in [4.69, 9.17) is 9.90 Å². The Hall–Kier alpha value is -4.36. The summed E-state index contributed by atoms with van der Waals surface area (Å²) in [5, 5.41) is 22.4. The van der Waals surface area contributed by atoms with Crippen LogP contribution >= 0.6 is 0 Å². The van der Waals surface area contributed by atoms with Crippen LogP contribution in [-0.2, 0) is 20.9 Å². The normalized spacial score (nSPS) is 16.9. The van der Waals surface area contributed by atoms with E-state index in [9.17, 15) is 36.6 Å². The van der Waals surface area contributed by atoms with Gasteiger partial charge in [-0.15, -0.1) is 0 Å². The van der Waals surface area contributed by atoms with Gasteiger partial charge in [0.05, 0.1) is 45.8 Å². The van der Waals surface area contributed by atoms with E-state index in [1.54, 1.807) is 29.2 Å². The monoisotopic (exact) mass is 663 g/mol. The van der Waals surface area contributed by atoms with E-state index >= 15 is 0 Å². The van der Waals surface area contributed by atoms with Crippen molar-refractivity contribution in [3.63, 3.8) is 0 Å². The summed E-state index contributed by atoms with van der Waals surface area (Å²) in [5.74, 6) is -4.20. The fraction of sp³-hybridized carbons (Fsp3) is 0.382. The highest BCUT2D eigenvalue weighted by Crippen LogP contribution is 2.46. The summed E-state index contributed by atoms with van der Waals surface area (Å²) in [6, 6.07) is 19.1. The number of alkyl halides is 3. The second kappa shape index (κ2) is 16.0. The average molecular weight is 664 g/mol. The van der Waals surface area contributed by atoms with Gasteiger partial charge >= 0.3 is 6.18 Å². The zero-order valence-electron chi connectivity index (χ0n) is 26.3. The molecule has 0 aliphatic carbocycles. The van der Waals surface area contributed by atoms with Crippen LogP contribution in [0.15, 0.2) is 72.8 Å². The van der Waals surface area contributed by atoms with E-state index < -0.39 is 18.2 Å². The third kappa shape index (κ3) is 11.1. The van der Waals surface area contributed by atoms with E-state index in [0.29, 0.717) is 37.1 Å². The highest BCUT2D eigenvalue weighted by atomic mass is 19.4. The molecule has 47 heavy (non-hydrogen) atoms. The molecule has 2 N–H and O–H groups in total. The second-order valence-corrected chi connectivity index (χ2v) is 12.3. The maximum atomic E-state index is 13.6. The van der Waals surface area contributed by atoms with E-state index in [-0.39, 0.29) is 35.4 Å². The lowest BCUT2D eigenvalue weighted by atomic mass is 9.78. The van der Waals surface area contributed by atoms with Gasteiger partial charge in [-0.1, -0.05) is 36.4 Å². The molecule has 1 fully saturated rings. The topological polar surface area (TPSA) is 110 Å². The number of amides is 2. The molecule has 4 rings (SSSR count). The molecular formula is C34H38F5N3O5. The van der Waals surface area contributed by atoms with Gasteiger partial charge in [0, 0.05) is 25.1 Å². The molecule has 3 aromatic carbocycles. The number of carbonyl (C=O) groups excluding carboxylic acids is 3. The maximum absolute atomic E-state index is 13.6. The first-order valence-corrected chi connectivity index (χ1v) is 14.9. The van der Waals surface area contributed by atoms with E-state index in [1.165, 1.54) is 24.3 Å². The van der Waals surface area contributed by atoms with Crippen LogP contribution in [-0.4, -0.2) is 61.2 Å². The minimum atomic E-state index is -5.19. The molecule has 0 spiro atoms. The number of nitrogens with one attached hydrogen (secondary N) is 1. The summed E-state index contributed by atoms with van der Waals surface area (Å²) in [6.45, 7) is 1.34. The Bertz CT molecular complexity index is 1490. The number of carbonyl (C=O) groups is 3. The predicted octanol–water partition coefficient (Wildman–Crippen LogP) is 4.58. The molecule has 254 valence electrons. The van der Waals surface area contributed by atoms with Gasteiger partial charge in [-0.25, -0.2) is 8.78 Å². The van der Waals surface area contributed by atoms with E-state index in [2.05, 4.69) is 26.5 Å². The fourth-order valence-electron chi connectivity index (χ4n) is 5.13. The number of rotatable bonds is 12. The molecule has 0 aromatic heterocycles. The third-order valence-electron chi connectivity index (χ3n) is 7.60. The highest BCUT2D eigenvalue weighted by Gasteiger charge is 2.48. The van der Waals surface area contributed by atoms with Gasteiger partial charge in [0.2, 0.25) is 11.8 Å². The lowest BCUT2D eigenvalue weighted by molar-refractivity contribution is -0.870. The number of hydrogen-bond donors (Lipinski definition) is 2. The molecule has 1 heterocycles. The van der Waals surface area contributed by atoms with Crippen molar-refractivity contribution in [3.05, 3.63) is 101 Å². The molecule has 1 aliphatic rings. The van der Waals surface area contributed by atoms with Crippen LogP contribution in [0.5, 0.6) is 0 Å².